The molecule has 88 valence electrons. The first-order valence-electron chi connectivity index (χ1n) is 5.85. The van der Waals surface area contributed by atoms with Crippen LogP contribution in [0.4, 0.5) is 5.82 Å². The van der Waals surface area contributed by atoms with Gasteiger partial charge in [-0.15, -0.1) is 0 Å². The van der Waals surface area contributed by atoms with E-state index in [1.165, 1.54) is 0 Å². The molecule has 1 aliphatic rings. The third-order valence-electron chi connectivity index (χ3n) is 3.14. The van der Waals surface area contributed by atoms with Gasteiger partial charge in [-0.05, 0) is 18.6 Å². The first-order chi connectivity index (χ1) is 8.34. The Labute approximate surface area is 100 Å². The summed E-state index contributed by atoms with van der Waals surface area (Å²) in [6.07, 6.45) is 4.29. The van der Waals surface area contributed by atoms with Crippen LogP contribution < -0.4 is 4.90 Å². The molecule has 4 nitrogen and oxygen atoms in total. The molecule has 0 spiro atoms. The molecule has 1 unspecified atom stereocenters. The second kappa shape index (κ2) is 4.22. The van der Waals surface area contributed by atoms with Gasteiger partial charge in [0.05, 0.1) is 12.3 Å². The van der Waals surface area contributed by atoms with E-state index in [4.69, 9.17) is 0 Å². The van der Waals surface area contributed by atoms with Crippen LogP contribution in [0.3, 0.4) is 0 Å². The fourth-order valence-electron chi connectivity index (χ4n) is 2.26. The normalized spacial score (nSPS) is 19.8. The number of aliphatic hydroxyl groups is 1. The summed E-state index contributed by atoms with van der Waals surface area (Å²) >= 11 is 0. The van der Waals surface area contributed by atoms with E-state index in [1.54, 1.807) is 0 Å². The van der Waals surface area contributed by atoms with E-state index in [2.05, 4.69) is 26.6 Å². The highest BCUT2D eigenvalue weighted by atomic mass is 16.3. The highest BCUT2D eigenvalue weighted by molar-refractivity contribution is 5.47. The highest BCUT2D eigenvalue weighted by Crippen LogP contribution is 2.23. The third-order valence-corrected chi connectivity index (χ3v) is 3.14. The van der Waals surface area contributed by atoms with E-state index >= 15 is 0 Å². The summed E-state index contributed by atoms with van der Waals surface area (Å²) in [7, 11) is 0. The predicted molar refractivity (Wildman–Crippen MR) is 66.4 cm³/mol. The molecule has 0 saturated carbocycles. The summed E-state index contributed by atoms with van der Waals surface area (Å²) in [5.41, 5.74) is 1.10. The molecule has 17 heavy (non-hydrogen) atoms. The second-order valence-corrected chi connectivity index (χ2v) is 4.35. The van der Waals surface area contributed by atoms with Crippen molar-refractivity contribution in [2.24, 2.45) is 0 Å². The summed E-state index contributed by atoms with van der Waals surface area (Å²) in [4.78, 5) is 6.38. The molecule has 0 aliphatic carbocycles. The smallest absolute Gasteiger partial charge is 0.133 e. The molecular weight excluding hydrogens is 214 g/mol. The fraction of sp³-hybridized carbons (Fsp3) is 0.308. The van der Waals surface area contributed by atoms with Gasteiger partial charge < -0.3 is 10.0 Å². The minimum absolute atomic E-state index is 0.214. The van der Waals surface area contributed by atoms with E-state index in [0.717, 1.165) is 24.5 Å². The van der Waals surface area contributed by atoms with Crippen LogP contribution in [-0.2, 0) is 0 Å². The number of β-amino-alcohol motifs (C(OH)–C–C–N with tert-alkyl or cyclic N) is 1. The molecule has 4 heteroatoms. The van der Waals surface area contributed by atoms with Crippen LogP contribution in [0.2, 0.25) is 0 Å². The Morgan fingerprint density at radius 3 is 2.76 bits per heavy atom. The lowest BCUT2D eigenvalue weighted by molar-refractivity contribution is 0.198. The van der Waals surface area contributed by atoms with Crippen molar-refractivity contribution in [2.75, 3.05) is 18.0 Å². The molecule has 0 bridgehead atoms. The van der Waals surface area contributed by atoms with Crippen molar-refractivity contribution in [1.29, 1.82) is 0 Å². The summed E-state index contributed by atoms with van der Waals surface area (Å²) in [6, 6.07) is 10.1. The van der Waals surface area contributed by atoms with Gasteiger partial charge >= 0.3 is 0 Å². The highest BCUT2D eigenvalue weighted by Gasteiger charge is 2.22. The van der Waals surface area contributed by atoms with Crippen LogP contribution in [0.25, 0.3) is 5.69 Å². The Morgan fingerprint density at radius 2 is 2.06 bits per heavy atom. The first-order valence-corrected chi connectivity index (χ1v) is 5.85. The number of hydrogen-bond donors (Lipinski definition) is 1. The van der Waals surface area contributed by atoms with Gasteiger partial charge in [-0.2, -0.15) is 0 Å². The van der Waals surface area contributed by atoms with E-state index in [1.807, 2.05) is 30.7 Å². The minimum Gasteiger partial charge on any atom is -0.391 e. The van der Waals surface area contributed by atoms with Crippen molar-refractivity contribution in [3.63, 3.8) is 0 Å². The molecule has 1 fully saturated rings. The number of hydrogen-bond acceptors (Lipinski definition) is 3. The summed E-state index contributed by atoms with van der Waals surface area (Å²) < 4.78 is 2.05. The van der Waals surface area contributed by atoms with Crippen molar-refractivity contribution >= 4 is 5.82 Å². The Bertz CT molecular complexity index is 494. The molecule has 1 saturated heterocycles. The number of anilines is 1. The van der Waals surface area contributed by atoms with Gasteiger partial charge in [0.25, 0.3) is 0 Å². The monoisotopic (exact) mass is 229 g/mol. The van der Waals surface area contributed by atoms with E-state index in [-0.39, 0.29) is 6.10 Å². The Balaban J connectivity index is 1.95. The van der Waals surface area contributed by atoms with Crippen molar-refractivity contribution in [3.8, 4) is 5.69 Å². The Hall–Kier alpha value is -1.81. The zero-order chi connectivity index (χ0) is 11.7. The maximum absolute atomic E-state index is 9.59. The van der Waals surface area contributed by atoms with E-state index < -0.39 is 0 Å². The second-order valence-electron chi connectivity index (χ2n) is 4.35. The van der Waals surface area contributed by atoms with Gasteiger partial charge in [-0.1, -0.05) is 18.2 Å². The van der Waals surface area contributed by atoms with E-state index in [0.29, 0.717) is 6.54 Å². The topological polar surface area (TPSA) is 41.3 Å². The summed E-state index contributed by atoms with van der Waals surface area (Å²) in [5, 5.41) is 9.59. The SMILES string of the molecule is OC1CCN(c2cncn2-c2ccccc2)C1. The van der Waals surface area contributed by atoms with Crippen molar-refractivity contribution < 1.29 is 5.11 Å². The number of aliphatic hydroxyl groups excluding tert-OH is 1. The van der Waals surface area contributed by atoms with Crippen LogP contribution in [0.1, 0.15) is 6.42 Å². The molecule has 2 aromatic rings. The maximum Gasteiger partial charge on any atom is 0.133 e. The molecule has 2 heterocycles. The zero-order valence-corrected chi connectivity index (χ0v) is 9.53. The van der Waals surface area contributed by atoms with Crippen molar-refractivity contribution in [2.45, 2.75) is 12.5 Å². The maximum atomic E-state index is 9.59. The zero-order valence-electron chi connectivity index (χ0n) is 9.53. The Morgan fingerprint density at radius 1 is 1.24 bits per heavy atom. The lowest BCUT2D eigenvalue weighted by Crippen LogP contribution is -2.23. The molecule has 3 rings (SSSR count). The molecular formula is C13H15N3O. The molecule has 1 N–H and O–H groups in total. The molecule has 1 aliphatic heterocycles. The number of para-hydroxylation sites is 1. The lowest BCUT2D eigenvalue weighted by atomic mass is 10.3. The molecule has 0 amide bonds. The van der Waals surface area contributed by atoms with Crippen LogP contribution in [0, 0.1) is 0 Å². The van der Waals surface area contributed by atoms with Crippen LogP contribution in [0.15, 0.2) is 42.9 Å². The van der Waals surface area contributed by atoms with Crippen LogP contribution in [-0.4, -0.2) is 33.9 Å². The molecule has 1 aromatic carbocycles. The van der Waals surface area contributed by atoms with Gasteiger partial charge in [0.2, 0.25) is 0 Å². The van der Waals surface area contributed by atoms with Gasteiger partial charge in [-0.3, -0.25) is 4.57 Å². The van der Waals surface area contributed by atoms with Gasteiger partial charge in [0, 0.05) is 18.8 Å². The molecule has 1 aromatic heterocycles. The summed E-state index contributed by atoms with van der Waals surface area (Å²) in [5.74, 6) is 1.05. The molecule has 0 radical (unpaired) electrons. The van der Waals surface area contributed by atoms with Crippen LogP contribution in [0.5, 0.6) is 0 Å². The van der Waals surface area contributed by atoms with Crippen molar-refractivity contribution in [3.05, 3.63) is 42.9 Å². The first kappa shape index (κ1) is 10.4. The fourth-order valence-corrected chi connectivity index (χ4v) is 2.26. The van der Waals surface area contributed by atoms with Crippen LogP contribution >= 0.6 is 0 Å². The number of nitrogens with zero attached hydrogens (tertiary/aromatic N) is 3. The average molecular weight is 229 g/mol. The third kappa shape index (κ3) is 1.91. The van der Waals surface area contributed by atoms with E-state index in [9.17, 15) is 5.11 Å². The number of benzene rings is 1. The quantitative estimate of drug-likeness (QED) is 0.847. The van der Waals surface area contributed by atoms with Crippen molar-refractivity contribution in [1.82, 2.24) is 9.55 Å². The van der Waals surface area contributed by atoms with Gasteiger partial charge in [0.15, 0.2) is 0 Å². The summed E-state index contributed by atoms with van der Waals surface area (Å²) in [6.45, 7) is 1.58. The average Bonchev–Trinajstić information content (AvgIpc) is 2.98. The standard InChI is InChI=1S/C13H15N3O/c17-12-6-7-15(9-12)13-8-14-10-16(13)11-4-2-1-3-5-11/h1-5,8,10,12,17H,6-7,9H2. The predicted octanol–water partition coefficient (Wildman–Crippen LogP) is 1.44. The number of aromatic nitrogens is 2. The lowest BCUT2D eigenvalue weighted by Gasteiger charge is -2.19. The van der Waals surface area contributed by atoms with Gasteiger partial charge in [0.1, 0.15) is 12.1 Å². The largest absolute Gasteiger partial charge is 0.391 e. The number of rotatable bonds is 2. The Kier molecular flexibility index (Phi) is 2.57. The van der Waals surface area contributed by atoms with Gasteiger partial charge in [-0.25, -0.2) is 4.98 Å². The molecule has 1 atom stereocenters. The minimum atomic E-state index is -0.214. The number of imidazole rings is 1.